The lowest BCUT2D eigenvalue weighted by Crippen LogP contribution is -2.24. The summed E-state index contributed by atoms with van der Waals surface area (Å²) in [5.74, 6) is -2.10. The van der Waals surface area contributed by atoms with E-state index in [1.54, 1.807) is 0 Å². The van der Waals surface area contributed by atoms with Crippen LogP contribution in [0.3, 0.4) is 0 Å². The van der Waals surface area contributed by atoms with Crippen LogP contribution in [0.5, 0.6) is 5.75 Å². The van der Waals surface area contributed by atoms with Crippen LogP contribution in [0.15, 0.2) is 51.7 Å². The summed E-state index contributed by atoms with van der Waals surface area (Å²) < 4.78 is 55.9. The Balaban J connectivity index is 2.23. The second-order valence-electron chi connectivity index (χ2n) is 6.05. The topological polar surface area (TPSA) is 65.7 Å². The van der Waals surface area contributed by atoms with E-state index in [1.165, 1.54) is 50.4 Å². The quantitative estimate of drug-likeness (QED) is 0.545. The van der Waals surface area contributed by atoms with Crippen LogP contribution >= 0.6 is 11.6 Å². The first-order chi connectivity index (χ1) is 13.6. The van der Waals surface area contributed by atoms with Gasteiger partial charge in [-0.15, -0.1) is 0 Å². The fourth-order valence-electron chi connectivity index (χ4n) is 2.77. The lowest BCUT2D eigenvalue weighted by Gasteiger charge is -2.15. The van der Waals surface area contributed by atoms with E-state index >= 15 is 0 Å². The number of methoxy groups -OCH3 is 1. The Bertz CT molecular complexity index is 1140. The Morgan fingerprint density at radius 3 is 2.48 bits per heavy atom. The molecular formula is C20H14ClF3O5. The second kappa shape index (κ2) is 7.79. The van der Waals surface area contributed by atoms with E-state index in [9.17, 15) is 22.8 Å². The zero-order valence-electron chi connectivity index (χ0n) is 15.2. The van der Waals surface area contributed by atoms with Crippen LogP contribution in [0.2, 0.25) is 5.02 Å². The number of carbonyl (C=O) groups excluding carboxylic acids is 1. The molecule has 0 saturated carbocycles. The molecule has 0 aliphatic heterocycles. The predicted molar refractivity (Wildman–Crippen MR) is 100 cm³/mol. The summed E-state index contributed by atoms with van der Waals surface area (Å²) in [6, 6.07) is 9.42. The highest BCUT2D eigenvalue weighted by molar-refractivity contribution is 6.33. The van der Waals surface area contributed by atoms with Crippen molar-refractivity contribution in [2.24, 2.45) is 0 Å². The fraction of sp³-hybridized carbons (Fsp3) is 0.200. The molecule has 5 nitrogen and oxygen atoms in total. The minimum absolute atomic E-state index is 0.0171. The Labute approximate surface area is 167 Å². The van der Waals surface area contributed by atoms with Crippen molar-refractivity contribution in [3.8, 4) is 16.9 Å². The number of carbonyl (C=O) groups is 1. The normalized spacial score (nSPS) is 12.6. The van der Waals surface area contributed by atoms with Gasteiger partial charge in [-0.3, -0.25) is 4.79 Å². The Morgan fingerprint density at radius 2 is 1.86 bits per heavy atom. The van der Waals surface area contributed by atoms with Crippen molar-refractivity contribution in [3.63, 3.8) is 0 Å². The number of halogens is 4. The smallest absolute Gasteiger partial charge is 0.450 e. The van der Waals surface area contributed by atoms with Gasteiger partial charge >= 0.3 is 12.1 Å². The molecule has 0 spiro atoms. The van der Waals surface area contributed by atoms with Crippen LogP contribution in [-0.4, -0.2) is 19.2 Å². The van der Waals surface area contributed by atoms with Gasteiger partial charge < -0.3 is 13.9 Å². The van der Waals surface area contributed by atoms with Gasteiger partial charge in [-0.05, 0) is 25.1 Å². The van der Waals surface area contributed by atoms with Crippen molar-refractivity contribution in [2.75, 3.05) is 7.11 Å². The number of hydrogen-bond acceptors (Lipinski definition) is 5. The average molecular weight is 427 g/mol. The van der Waals surface area contributed by atoms with E-state index in [4.69, 9.17) is 20.8 Å². The summed E-state index contributed by atoms with van der Waals surface area (Å²) in [6.07, 6.45) is -5.95. The molecule has 1 aromatic heterocycles. The van der Waals surface area contributed by atoms with E-state index in [0.29, 0.717) is 0 Å². The molecule has 9 heteroatoms. The number of benzene rings is 2. The number of ether oxygens (including phenoxy) is 2. The minimum atomic E-state index is -4.95. The first-order valence-corrected chi connectivity index (χ1v) is 8.68. The van der Waals surface area contributed by atoms with Crippen molar-refractivity contribution < 1.29 is 31.9 Å². The predicted octanol–water partition coefficient (Wildman–Crippen LogP) is 5.07. The van der Waals surface area contributed by atoms with E-state index in [0.717, 1.165) is 6.07 Å². The first-order valence-electron chi connectivity index (χ1n) is 8.31. The first kappa shape index (κ1) is 20.7. The number of hydrogen-bond donors (Lipinski definition) is 0. The maximum absolute atomic E-state index is 13.7. The molecule has 0 aliphatic rings. The summed E-state index contributed by atoms with van der Waals surface area (Å²) in [7, 11) is 1.17. The van der Waals surface area contributed by atoms with Crippen molar-refractivity contribution in [2.45, 2.75) is 19.2 Å². The van der Waals surface area contributed by atoms with Crippen LogP contribution in [-0.2, 0) is 15.7 Å². The third kappa shape index (κ3) is 4.07. The monoisotopic (exact) mass is 426 g/mol. The summed E-state index contributed by atoms with van der Waals surface area (Å²) in [5, 5.41) is -0.109. The molecule has 0 amide bonds. The number of alkyl halides is 3. The molecule has 1 heterocycles. The van der Waals surface area contributed by atoms with Crippen LogP contribution in [0.25, 0.3) is 22.1 Å². The zero-order chi connectivity index (χ0) is 21.3. The highest BCUT2D eigenvalue weighted by Gasteiger charge is 2.39. The van der Waals surface area contributed by atoms with Gasteiger partial charge in [0.1, 0.15) is 11.3 Å². The molecule has 0 fully saturated rings. The summed E-state index contributed by atoms with van der Waals surface area (Å²) in [6.45, 7) is 1.41. The lowest BCUT2D eigenvalue weighted by molar-refractivity contribution is -0.152. The average Bonchev–Trinajstić information content (AvgIpc) is 2.67. The summed E-state index contributed by atoms with van der Waals surface area (Å²) in [5.41, 5.74) is -1.99. The van der Waals surface area contributed by atoms with E-state index in [2.05, 4.69) is 4.74 Å². The van der Waals surface area contributed by atoms with Crippen molar-refractivity contribution >= 4 is 28.5 Å². The summed E-state index contributed by atoms with van der Waals surface area (Å²) >= 11 is 6.02. The SMILES string of the molecule is COC(=O)[C@@H](C)Oc1ccc2c(=O)c(-c3ccccc3Cl)c(C(F)(F)F)oc2c1. The van der Waals surface area contributed by atoms with Gasteiger partial charge in [-0.2, -0.15) is 13.2 Å². The van der Waals surface area contributed by atoms with Crippen LogP contribution in [0.1, 0.15) is 12.7 Å². The van der Waals surface area contributed by atoms with Crippen LogP contribution < -0.4 is 10.2 Å². The van der Waals surface area contributed by atoms with E-state index in [-0.39, 0.29) is 27.3 Å². The minimum Gasteiger partial charge on any atom is -0.479 e. The van der Waals surface area contributed by atoms with Crippen LogP contribution in [0.4, 0.5) is 13.2 Å². The Hall–Kier alpha value is -3.00. The molecule has 3 rings (SSSR count). The third-order valence-corrected chi connectivity index (χ3v) is 4.44. The van der Waals surface area contributed by atoms with Crippen LogP contribution in [0, 0.1) is 0 Å². The largest absolute Gasteiger partial charge is 0.479 e. The fourth-order valence-corrected chi connectivity index (χ4v) is 3.00. The number of rotatable bonds is 4. The Kier molecular flexibility index (Phi) is 5.57. The molecule has 3 aromatic rings. The van der Waals surface area contributed by atoms with Gasteiger partial charge in [0.15, 0.2) is 6.10 Å². The van der Waals surface area contributed by atoms with Crippen molar-refractivity contribution in [1.82, 2.24) is 0 Å². The lowest BCUT2D eigenvalue weighted by atomic mass is 10.0. The zero-order valence-corrected chi connectivity index (χ0v) is 15.9. The molecular weight excluding hydrogens is 413 g/mol. The van der Waals surface area contributed by atoms with Gasteiger partial charge in [-0.1, -0.05) is 29.8 Å². The molecule has 0 saturated heterocycles. The molecule has 2 aromatic carbocycles. The molecule has 0 unspecified atom stereocenters. The molecule has 0 bridgehead atoms. The maximum atomic E-state index is 13.7. The van der Waals surface area contributed by atoms with Gasteiger partial charge in [0, 0.05) is 16.7 Å². The molecule has 0 aliphatic carbocycles. The second-order valence-corrected chi connectivity index (χ2v) is 6.46. The standard InChI is InChI=1S/C20H14ClF3O5/c1-10(19(26)27-2)28-11-7-8-13-15(9-11)29-18(20(22,23)24)16(17(13)25)12-5-3-4-6-14(12)21/h3-10H,1-2H3/t10-/m1/s1. The Morgan fingerprint density at radius 1 is 1.17 bits per heavy atom. The van der Waals surface area contributed by atoms with Crippen molar-refractivity contribution in [1.29, 1.82) is 0 Å². The van der Waals surface area contributed by atoms with Gasteiger partial charge in [0.05, 0.1) is 18.1 Å². The van der Waals surface area contributed by atoms with Gasteiger partial charge in [-0.25, -0.2) is 4.79 Å². The molecule has 0 radical (unpaired) electrons. The number of esters is 1. The molecule has 1 atom stereocenters. The highest BCUT2D eigenvalue weighted by Crippen LogP contribution is 2.39. The maximum Gasteiger partial charge on any atom is 0.450 e. The molecule has 29 heavy (non-hydrogen) atoms. The molecule has 152 valence electrons. The van der Waals surface area contributed by atoms with Gasteiger partial charge in [0.2, 0.25) is 11.2 Å². The molecule has 0 N–H and O–H groups in total. The third-order valence-electron chi connectivity index (χ3n) is 4.11. The summed E-state index contributed by atoms with van der Waals surface area (Å²) in [4.78, 5) is 24.4. The van der Waals surface area contributed by atoms with Crippen molar-refractivity contribution in [3.05, 3.63) is 63.5 Å². The van der Waals surface area contributed by atoms with E-state index in [1.807, 2.05) is 0 Å². The highest BCUT2D eigenvalue weighted by atomic mass is 35.5. The number of fused-ring (bicyclic) bond motifs is 1. The van der Waals surface area contributed by atoms with E-state index < -0.39 is 35.0 Å². The van der Waals surface area contributed by atoms with Gasteiger partial charge in [0.25, 0.3) is 0 Å².